The van der Waals surface area contributed by atoms with E-state index in [0.29, 0.717) is 59.4 Å². The summed E-state index contributed by atoms with van der Waals surface area (Å²) in [6.07, 6.45) is 3.09. The second kappa shape index (κ2) is 10.9. The first-order chi connectivity index (χ1) is 19.1. The maximum Gasteiger partial charge on any atom is 0.262 e. The number of aromatic amines is 1. The number of H-pyrrole nitrogens is 1. The van der Waals surface area contributed by atoms with Crippen LogP contribution < -0.4 is 19.8 Å². The van der Waals surface area contributed by atoms with Gasteiger partial charge >= 0.3 is 0 Å². The number of aromatic nitrogens is 3. The SMILES string of the molecule is COc1cc(OC)c2c(=O)[nH]c(-c3ccc(OCC[N+]4(O)CCCC4)c(-c4ccc(S(C)(=O)=O)cc4)n3)nc2c1. The van der Waals surface area contributed by atoms with Crippen LogP contribution in [-0.4, -0.2) is 79.9 Å². The van der Waals surface area contributed by atoms with Gasteiger partial charge in [-0.3, -0.25) is 4.79 Å². The first-order valence-electron chi connectivity index (χ1n) is 12.8. The molecule has 4 aromatic rings. The smallest absolute Gasteiger partial charge is 0.262 e. The lowest BCUT2D eigenvalue weighted by molar-refractivity contribution is -1.09. The molecule has 1 aliphatic heterocycles. The lowest BCUT2D eigenvalue weighted by Gasteiger charge is -2.24. The molecule has 1 aliphatic rings. The number of nitrogens with one attached hydrogen (secondary N) is 1. The number of quaternary nitrogens is 1. The molecule has 0 saturated carbocycles. The quantitative estimate of drug-likeness (QED) is 0.291. The van der Waals surface area contributed by atoms with Crippen molar-refractivity contribution in [2.24, 2.45) is 0 Å². The van der Waals surface area contributed by atoms with E-state index in [0.717, 1.165) is 19.1 Å². The summed E-state index contributed by atoms with van der Waals surface area (Å²) in [4.78, 5) is 25.4. The summed E-state index contributed by atoms with van der Waals surface area (Å²) in [6.45, 7) is 2.07. The fourth-order valence-electron chi connectivity index (χ4n) is 4.85. The van der Waals surface area contributed by atoms with Gasteiger partial charge in [-0.15, -0.1) is 0 Å². The van der Waals surface area contributed by atoms with Crippen molar-refractivity contribution in [3.8, 4) is 40.0 Å². The third kappa shape index (κ3) is 5.64. The molecule has 0 spiro atoms. The van der Waals surface area contributed by atoms with Gasteiger partial charge in [0.1, 0.15) is 60.3 Å². The van der Waals surface area contributed by atoms with Crippen LogP contribution in [-0.2, 0) is 9.84 Å². The molecule has 210 valence electrons. The Morgan fingerprint density at radius 1 is 0.975 bits per heavy atom. The van der Waals surface area contributed by atoms with Gasteiger partial charge in [0.15, 0.2) is 15.7 Å². The van der Waals surface area contributed by atoms with E-state index in [1.54, 1.807) is 36.4 Å². The molecule has 5 rings (SSSR count). The number of sulfone groups is 1. The molecule has 2 aromatic heterocycles. The largest absolute Gasteiger partial charge is 0.497 e. The molecule has 0 aliphatic carbocycles. The van der Waals surface area contributed by atoms with Crippen LogP contribution >= 0.6 is 0 Å². The molecular weight excluding hydrogens is 536 g/mol. The molecule has 0 radical (unpaired) electrons. The maximum atomic E-state index is 13.1. The van der Waals surface area contributed by atoms with Gasteiger partial charge in [0, 0.05) is 36.8 Å². The molecule has 2 N–H and O–H groups in total. The third-order valence-electron chi connectivity index (χ3n) is 7.02. The van der Waals surface area contributed by atoms with E-state index in [1.165, 1.54) is 26.4 Å². The Balaban J connectivity index is 1.57. The van der Waals surface area contributed by atoms with Gasteiger partial charge < -0.3 is 19.2 Å². The first-order valence-corrected chi connectivity index (χ1v) is 14.7. The number of hydrogen-bond acceptors (Lipinski definition) is 9. The van der Waals surface area contributed by atoms with E-state index >= 15 is 0 Å². The molecule has 0 bridgehead atoms. The number of ether oxygens (including phenoxy) is 3. The lowest BCUT2D eigenvalue weighted by atomic mass is 10.1. The number of fused-ring (bicyclic) bond motifs is 1. The summed E-state index contributed by atoms with van der Waals surface area (Å²) in [6, 6.07) is 13.0. The van der Waals surface area contributed by atoms with Gasteiger partial charge in [-0.25, -0.2) is 23.6 Å². The zero-order valence-corrected chi connectivity index (χ0v) is 23.3. The van der Waals surface area contributed by atoms with Crippen molar-refractivity contribution in [3.05, 3.63) is 58.9 Å². The average Bonchev–Trinajstić information content (AvgIpc) is 3.38. The van der Waals surface area contributed by atoms with E-state index in [9.17, 15) is 18.4 Å². The topological polar surface area (TPSA) is 141 Å². The lowest BCUT2D eigenvalue weighted by Crippen LogP contribution is -2.44. The summed E-state index contributed by atoms with van der Waals surface area (Å²) in [7, 11) is -0.402. The van der Waals surface area contributed by atoms with E-state index in [-0.39, 0.29) is 27.4 Å². The number of methoxy groups -OCH3 is 2. The fourth-order valence-corrected chi connectivity index (χ4v) is 5.48. The second-order valence-corrected chi connectivity index (χ2v) is 11.8. The van der Waals surface area contributed by atoms with Crippen LogP contribution in [0, 0.1) is 0 Å². The molecule has 1 saturated heterocycles. The summed E-state index contributed by atoms with van der Waals surface area (Å²) in [5, 5.41) is 11.0. The van der Waals surface area contributed by atoms with Crippen LogP contribution in [0.15, 0.2) is 58.2 Å². The molecule has 2 aromatic carbocycles. The summed E-state index contributed by atoms with van der Waals surface area (Å²) in [5.41, 5.74) is 1.40. The highest BCUT2D eigenvalue weighted by Crippen LogP contribution is 2.33. The number of hydrogen-bond donors (Lipinski definition) is 2. The highest BCUT2D eigenvalue weighted by molar-refractivity contribution is 7.90. The number of nitrogens with zero attached hydrogens (tertiary/aromatic N) is 3. The predicted octanol–water partition coefficient (Wildman–Crippen LogP) is 3.45. The molecule has 1 fully saturated rings. The van der Waals surface area contributed by atoms with Crippen LogP contribution in [0.5, 0.6) is 17.2 Å². The standard InChI is InChI=1S/C28H30N4O7S/c1-37-19-16-22-25(24(17-19)38-2)28(33)31-27(30-22)21-10-11-23(39-15-14-32(34)12-4-5-13-32)26(29-21)18-6-8-20(9-7-18)40(3,35)36/h6-11,16-17,34H,4-5,12-15H2,1-3H3/p+1. The Hall–Kier alpha value is -4.00. The second-order valence-electron chi connectivity index (χ2n) is 9.80. The molecule has 11 nitrogen and oxygen atoms in total. The minimum absolute atomic E-state index is 0.0287. The summed E-state index contributed by atoms with van der Waals surface area (Å²) < 4.78 is 40.7. The molecule has 0 atom stereocenters. The molecule has 40 heavy (non-hydrogen) atoms. The van der Waals surface area contributed by atoms with Crippen molar-refractivity contribution in [3.63, 3.8) is 0 Å². The van der Waals surface area contributed by atoms with Crippen molar-refractivity contribution in [2.75, 3.05) is 46.7 Å². The van der Waals surface area contributed by atoms with E-state index in [4.69, 9.17) is 19.2 Å². The number of pyridine rings is 1. The number of rotatable bonds is 9. The van der Waals surface area contributed by atoms with E-state index < -0.39 is 15.4 Å². The van der Waals surface area contributed by atoms with Crippen molar-refractivity contribution < 1.29 is 32.5 Å². The molecular formula is C28H31N4O7S+. The molecule has 0 amide bonds. The Morgan fingerprint density at radius 3 is 2.35 bits per heavy atom. The maximum absolute atomic E-state index is 13.1. The minimum atomic E-state index is -3.38. The average molecular weight is 568 g/mol. The monoisotopic (exact) mass is 567 g/mol. The third-order valence-corrected chi connectivity index (χ3v) is 8.15. The van der Waals surface area contributed by atoms with Gasteiger partial charge in [0.2, 0.25) is 0 Å². The predicted molar refractivity (Wildman–Crippen MR) is 149 cm³/mol. The summed E-state index contributed by atoms with van der Waals surface area (Å²) in [5.74, 6) is 1.50. The molecule has 0 unspecified atom stereocenters. The van der Waals surface area contributed by atoms with Crippen LogP contribution in [0.2, 0.25) is 0 Å². The van der Waals surface area contributed by atoms with E-state index in [1.807, 2.05) is 0 Å². The molecule has 12 heteroatoms. The van der Waals surface area contributed by atoms with Crippen LogP contribution in [0.1, 0.15) is 12.8 Å². The first kappa shape index (κ1) is 27.6. The zero-order chi connectivity index (χ0) is 28.5. The minimum Gasteiger partial charge on any atom is -0.497 e. The van der Waals surface area contributed by atoms with Gasteiger partial charge in [0.25, 0.3) is 5.56 Å². The van der Waals surface area contributed by atoms with Crippen molar-refractivity contribution >= 4 is 20.7 Å². The highest BCUT2D eigenvalue weighted by Gasteiger charge is 2.30. The Morgan fingerprint density at radius 2 is 1.70 bits per heavy atom. The number of likely N-dealkylation sites (tertiary alicyclic amines) is 1. The van der Waals surface area contributed by atoms with Gasteiger partial charge in [0.05, 0.1) is 24.6 Å². The Labute approximate surface area is 231 Å². The highest BCUT2D eigenvalue weighted by atomic mass is 32.2. The van der Waals surface area contributed by atoms with Crippen LogP contribution in [0.4, 0.5) is 0 Å². The molecule has 3 heterocycles. The summed E-state index contributed by atoms with van der Waals surface area (Å²) >= 11 is 0. The Kier molecular flexibility index (Phi) is 7.49. The number of hydroxylamine groups is 3. The fraction of sp³-hybridized carbons (Fsp3) is 0.321. The van der Waals surface area contributed by atoms with Crippen molar-refractivity contribution in [1.29, 1.82) is 0 Å². The van der Waals surface area contributed by atoms with Gasteiger partial charge in [-0.05, 0) is 24.3 Å². The van der Waals surface area contributed by atoms with Crippen molar-refractivity contribution in [1.82, 2.24) is 15.0 Å². The van der Waals surface area contributed by atoms with Gasteiger partial charge in [-0.2, -0.15) is 4.65 Å². The Bertz CT molecular complexity index is 1710. The van der Waals surface area contributed by atoms with Crippen molar-refractivity contribution in [2.45, 2.75) is 17.7 Å². The number of benzene rings is 2. The normalized spacial score (nSPS) is 14.8. The zero-order valence-electron chi connectivity index (χ0n) is 22.5. The van der Waals surface area contributed by atoms with E-state index in [2.05, 4.69) is 9.97 Å². The van der Waals surface area contributed by atoms with Gasteiger partial charge in [-0.1, -0.05) is 12.1 Å². The van der Waals surface area contributed by atoms with Crippen LogP contribution in [0.3, 0.4) is 0 Å². The van der Waals surface area contributed by atoms with Crippen LogP contribution in [0.25, 0.3) is 33.7 Å².